The summed E-state index contributed by atoms with van der Waals surface area (Å²) in [5.41, 5.74) is 2.55. The Hall–Kier alpha value is -3.55. The van der Waals surface area contributed by atoms with Crippen molar-refractivity contribution in [3.63, 3.8) is 0 Å². The maximum atomic E-state index is 14.7. The quantitative estimate of drug-likeness (QED) is 0.543. The molecule has 2 aliphatic heterocycles. The number of benzene rings is 2. The van der Waals surface area contributed by atoms with Crippen molar-refractivity contribution in [2.45, 2.75) is 40.3 Å². The predicted molar refractivity (Wildman–Crippen MR) is 128 cm³/mol. The van der Waals surface area contributed by atoms with E-state index in [-0.39, 0.29) is 24.4 Å². The number of rotatable bonds is 5. The topological polar surface area (TPSA) is 53.7 Å². The summed E-state index contributed by atoms with van der Waals surface area (Å²) in [5.74, 6) is 0.583. The van der Waals surface area contributed by atoms with E-state index in [0.29, 0.717) is 41.9 Å². The first-order valence-corrected chi connectivity index (χ1v) is 11.6. The first kappa shape index (κ1) is 22.3. The van der Waals surface area contributed by atoms with Gasteiger partial charge in [0, 0.05) is 23.7 Å². The van der Waals surface area contributed by atoms with Crippen molar-refractivity contribution in [1.82, 2.24) is 14.5 Å². The van der Waals surface area contributed by atoms with Crippen molar-refractivity contribution in [2.75, 3.05) is 18.0 Å². The summed E-state index contributed by atoms with van der Waals surface area (Å²) in [6, 6.07) is 11.4. The van der Waals surface area contributed by atoms with Gasteiger partial charge in [-0.15, -0.1) is 0 Å². The normalized spacial score (nSPS) is 17.3. The zero-order valence-electron chi connectivity index (χ0n) is 19.7. The first-order chi connectivity index (χ1) is 16.3. The third-order valence-corrected chi connectivity index (χ3v) is 6.52. The van der Waals surface area contributed by atoms with Crippen LogP contribution >= 0.6 is 0 Å². The zero-order valence-corrected chi connectivity index (χ0v) is 19.7. The van der Waals surface area contributed by atoms with E-state index in [4.69, 9.17) is 9.98 Å². The van der Waals surface area contributed by atoms with E-state index in [9.17, 15) is 13.6 Å². The number of guanidine groups is 1. The maximum Gasteiger partial charge on any atom is 0.283 e. The van der Waals surface area contributed by atoms with Gasteiger partial charge in [0.05, 0.1) is 19.1 Å². The van der Waals surface area contributed by atoms with Crippen LogP contribution in [0.25, 0.3) is 11.4 Å². The number of aryl methyl sites for hydroxylation is 1. The molecular formula is C26H27F2N5O. The van der Waals surface area contributed by atoms with E-state index >= 15 is 0 Å². The number of hydrogen-bond acceptors (Lipinski definition) is 4. The molecule has 176 valence electrons. The fourth-order valence-corrected chi connectivity index (χ4v) is 4.54. The number of halogens is 2. The fraction of sp³-hybridized carbons (Fsp3) is 0.346. The zero-order chi connectivity index (χ0) is 24.1. The van der Waals surface area contributed by atoms with Crippen LogP contribution in [0.5, 0.6) is 0 Å². The summed E-state index contributed by atoms with van der Waals surface area (Å²) >= 11 is 0. The second-order valence-electron chi connectivity index (χ2n) is 9.20. The van der Waals surface area contributed by atoms with Crippen LogP contribution in [0.4, 0.5) is 14.6 Å². The standard InChI is InChI=1S/C26H27F2N5O/c1-5-31-25(34)22-24(33-14-21(15(2)3)29-26(31)33)32(13-18-10-11-19(27)12-20(18)28)23(30-22)17-8-6-16(4)7-9-17/h6-12,15,21H,5,13-14H2,1-4H3/t21-/m0/s1. The number of anilines is 1. The third-order valence-electron chi connectivity index (χ3n) is 6.52. The number of carbonyl (C=O) groups excluding carboxylic acids is 1. The van der Waals surface area contributed by atoms with E-state index in [2.05, 4.69) is 13.8 Å². The lowest BCUT2D eigenvalue weighted by Gasteiger charge is -2.33. The molecule has 0 saturated heterocycles. The SMILES string of the molecule is CCN1C(=O)c2nc(-c3ccc(C)cc3)n(Cc3ccc(F)cc3F)c2N2C[C@@H](C(C)C)N=C12. The number of fused-ring (bicyclic) bond motifs is 3. The van der Waals surface area contributed by atoms with Crippen molar-refractivity contribution in [1.29, 1.82) is 0 Å². The molecule has 0 spiro atoms. The average molecular weight is 464 g/mol. The minimum absolute atomic E-state index is 0.0246. The van der Waals surface area contributed by atoms with Crippen LogP contribution in [0.1, 0.15) is 42.4 Å². The largest absolute Gasteiger partial charge is 0.305 e. The molecule has 2 aromatic carbocycles. The lowest BCUT2D eigenvalue weighted by Crippen LogP contribution is -2.50. The van der Waals surface area contributed by atoms with E-state index in [1.807, 2.05) is 47.6 Å². The van der Waals surface area contributed by atoms with Crippen molar-refractivity contribution in [3.8, 4) is 11.4 Å². The molecule has 3 heterocycles. The van der Waals surface area contributed by atoms with Crippen molar-refractivity contribution >= 4 is 17.7 Å². The van der Waals surface area contributed by atoms with Crippen molar-refractivity contribution in [3.05, 3.63) is 70.9 Å². The molecule has 2 aliphatic rings. The number of aromatic nitrogens is 2. The molecule has 0 radical (unpaired) electrons. The maximum absolute atomic E-state index is 14.7. The van der Waals surface area contributed by atoms with Crippen LogP contribution < -0.4 is 4.90 Å². The fourth-order valence-electron chi connectivity index (χ4n) is 4.54. The number of carbonyl (C=O) groups is 1. The monoisotopic (exact) mass is 463 g/mol. The second-order valence-corrected chi connectivity index (χ2v) is 9.20. The highest BCUT2D eigenvalue weighted by Crippen LogP contribution is 2.37. The highest BCUT2D eigenvalue weighted by Gasteiger charge is 2.44. The van der Waals surface area contributed by atoms with Crippen LogP contribution in [0.2, 0.25) is 0 Å². The summed E-state index contributed by atoms with van der Waals surface area (Å²) in [7, 11) is 0. The Morgan fingerprint density at radius 3 is 2.50 bits per heavy atom. The summed E-state index contributed by atoms with van der Waals surface area (Å²) in [4.78, 5) is 26.8. The van der Waals surface area contributed by atoms with Crippen LogP contribution in [0.15, 0.2) is 47.5 Å². The third kappa shape index (κ3) is 3.57. The van der Waals surface area contributed by atoms with Gasteiger partial charge in [0.2, 0.25) is 5.96 Å². The Bertz CT molecular complexity index is 1300. The molecule has 1 atom stereocenters. The molecule has 0 bridgehead atoms. The molecule has 0 aliphatic carbocycles. The highest BCUT2D eigenvalue weighted by molar-refractivity contribution is 6.18. The Balaban J connectivity index is 1.72. The lowest BCUT2D eigenvalue weighted by molar-refractivity contribution is 0.0841. The summed E-state index contributed by atoms with van der Waals surface area (Å²) in [6.45, 7) is 9.30. The predicted octanol–water partition coefficient (Wildman–Crippen LogP) is 4.86. The van der Waals surface area contributed by atoms with Crippen LogP contribution in [-0.4, -0.2) is 45.4 Å². The van der Waals surface area contributed by atoms with E-state index in [1.165, 1.54) is 12.1 Å². The van der Waals surface area contributed by atoms with Gasteiger partial charge in [-0.25, -0.2) is 18.8 Å². The van der Waals surface area contributed by atoms with E-state index < -0.39 is 11.6 Å². The van der Waals surface area contributed by atoms with E-state index in [1.54, 1.807) is 4.90 Å². The number of hydrogen-bond donors (Lipinski definition) is 0. The van der Waals surface area contributed by atoms with Crippen LogP contribution in [-0.2, 0) is 6.54 Å². The molecule has 8 heteroatoms. The molecule has 6 nitrogen and oxygen atoms in total. The molecule has 0 N–H and O–H groups in total. The van der Waals surface area contributed by atoms with Gasteiger partial charge < -0.3 is 4.57 Å². The van der Waals surface area contributed by atoms with Gasteiger partial charge in [-0.3, -0.25) is 14.6 Å². The molecule has 5 rings (SSSR count). The molecule has 0 saturated carbocycles. The Labute approximate surface area is 197 Å². The average Bonchev–Trinajstić information content (AvgIpc) is 3.39. The molecule has 1 aromatic heterocycles. The molecule has 0 unspecified atom stereocenters. The summed E-state index contributed by atoms with van der Waals surface area (Å²) < 4.78 is 30.1. The summed E-state index contributed by atoms with van der Waals surface area (Å²) in [6.07, 6.45) is 0. The highest BCUT2D eigenvalue weighted by atomic mass is 19.1. The van der Waals surface area contributed by atoms with Gasteiger partial charge in [0.1, 0.15) is 23.3 Å². The number of aliphatic imine (C=N–C) groups is 1. The minimum Gasteiger partial charge on any atom is -0.305 e. The Kier molecular flexibility index (Phi) is 5.46. The van der Waals surface area contributed by atoms with Gasteiger partial charge in [-0.1, -0.05) is 49.7 Å². The second kappa shape index (κ2) is 8.34. The smallest absolute Gasteiger partial charge is 0.283 e. The molecular weight excluding hydrogens is 436 g/mol. The lowest BCUT2D eigenvalue weighted by atomic mass is 10.1. The first-order valence-electron chi connectivity index (χ1n) is 11.6. The van der Waals surface area contributed by atoms with Crippen LogP contribution in [0.3, 0.4) is 0 Å². The Morgan fingerprint density at radius 1 is 1.12 bits per heavy atom. The Morgan fingerprint density at radius 2 is 1.85 bits per heavy atom. The van der Waals surface area contributed by atoms with Gasteiger partial charge in [0.25, 0.3) is 5.91 Å². The molecule has 34 heavy (non-hydrogen) atoms. The summed E-state index contributed by atoms with van der Waals surface area (Å²) in [5, 5.41) is 0. The van der Waals surface area contributed by atoms with Crippen molar-refractivity contribution < 1.29 is 13.6 Å². The minimum atomic E-state index is -0.634. The number of imidazole rings is 1. The number of amides is 1. The van der Waals surface area contributed by atoms with Gasteiger partial charge in [0.15, 0.2) is 5.69 Å². The van der Waals surface area contributed by atoms with E-state index in [0.717, 1.165) is 17.2 Å². The molecule has 0 fully saturated rings. The van der Waals surface area contributed by atoms with Gasteiger partial charge in [-0.2, -0.15) is 0 Å². The van der Waals surface area contributed by atoms with Crippen LogP contribution in [0, 0.1) is 24.5 Å². The number of nitrogens with zero attached hydrogens (tertiary/aromatic N) is 5. The van der Waals surface area contributed by atoms with Gasteiger partial charge >= 0.3 is 0 Å². The van der Waals surface area contributed by atoms with Gasteiger partial charge in [-0.05, 0) is 25.8 Å². The molecule has 3 aromatic rings. The molecule has 1 amide bonds. The van der Waals surface area contributed by atoms with Crippen molar-refractivity contribution in [2.24, 2.45) is 10.9 Å².